The average Bonchev–Trinajstić information content (AvgIpc) is 3.47. The van der Waals surface area contributed by atoms with Crippen LogP contribution in [0.5, 0.6) is 0 Å². The standard InChI is InChI=1S/C23H26N6O2/c30-22(20-7-4-12-29(20)23(31)25-17-5-2-1-3-6-17)28-13-9-16(10-14-28)21-26-18-8-11-24-15-19(18)27-21/h1-3,5-6,8,11,15-16,20H,4,7,9-10,12-14H2,(H,25,31)(H,26,27). The second kappa shape index (κ2) is 8.37. The molecule has 8 heteroatoms. The maximum absolute atomic E-state index is 13.2. The zero-order valence-electron chi connectivity index (χ0n) is 17.3. The first kappa shape index (κ1) is 19.5. The highest BCUT2D eigenvalue weighted by Crippen LogP contribution is 2.29. The average molecular weight is 419 g/mol. The first-order chi connectivity index (χ1) is 15.2. The van der Waals surface area contributed by atoms with Gasteiger partial charge in [-0.05, 0) is 43.9 Å². The Hall–Kier alpha value is -3.42. The molecule has 31 heavy (non-hydrogen) atoms. The normalized spacial score (nSPS) is 19.7. The number of likely N-dealkylation sites (tertiary alicyclic amines) is 2. The number of para-hydroxylation sites is 1. The van der Waals surface area contributed by atoms with Gasteiger partial charge in [0.2, 0.25) is 5.91 Å². The molecule has 2 fully saturated rings. The largest absolute Gasteiger partial charge is 0.341 e. The number of piperidine rings is 1. The van der Waals surface area contributed by atoms with E-state index in [0.29, 0.717) is 25.6 Å². The number of aromatic nitrogens is 3. The first-order valence-electron chi connectivity index (χ1n) is 10.9. The van der Waals surface area contributed by atoms with Crippen LogP contribution in [-0.4, -0.2) is 62.4 Å². The van der Waals surface area contributed by atoms with Crippen LogP contribution in [0.1, 0.15) is 37.4 Å². The highest BCUT2D eigenvalue weighted by Gasteiger charge is 2.38. The number of urea groups is 1. The molecule has 2 aliphatic heterocycles. The van der Waals surface area contributed by atoms with Gasteiger partial charge in [-0.15, -0.1) is 0 Å². The minimum absolute atomic E-state index is 0.0629. The predicted molar refractivity (Wildman–Crippen MR) is 118 cm³/mol. The minimum atomic E-state index is -0.377. The van der Waals surface area contributed by atoms with Gasteiger partial charge in [-0.25, -0.2) is 9.78 Å². The Kier molecular flexibility index (Phi) is 5.28. The number of rotatable bonds is 3. The van der Waals surface area contributed by atoms with Crippen LogP contribution in [0.4, 0.5) is 10.5 Å². The van der Waals surface area contributed by atoms with Gasteiger partial charge in [0.15, 0.2) is 0 Å². The molecule has 1 unspecified atom stereocenters. The number of carbonyl (C=O) groups is 2. The number of hydrogen-bond donors (Lipinski definition) is 2. The van der Waals surface area contributed by atoms with Crippen molar-refractivity contribution in [1.29, 1.82) is 0 Å². The Bertz CT molecular complexity index is 1040. The first-order valence-corrected chi connectivity index (χ1v) is 10.9. The third kappa shape index (κ3) is 3.97. The monoisotopic (exact) mass is 418 g/mol. The summed E-state index contributed by atoms with van der Waals surface area (Å²) >= 11 is 0. The van der Waals surface area contributed by atoms with E-state index in [1.54, 1.807) is 17.3 Å². The molecule has 0 radical (unpaired) electrons. The Labute approximate surface area is 180 Å². The zero-order valence-corrected chi connectivity index (χ0v) is 17.3. The van der Waals surface area contributed by atoms with Crippen LogP contribution in [-0.2, 0) is 4.79 Å². The lowest BCUT2D eigenvalue weighted by molar-refractivity contribution is -0.136. The van der Waals surface area contributed by atoms with Crippen molar-refractivity contribution in [3.63, 3.8) is 0 Å². The molecule has 160 valence electrons. The number of nitrogens with zero attached hydrogens (tertiary/aromatic N) is 4. The molecular weight excluding hydrogens is 392 g/mol. The number of fused-ring (bicyclic) bond motifs is 1. The molecular formula is C23H26N6O2. The molecule has 8 nitrogen and oxygen atoms in total. The molecule has 4 heterocycles. The van der Waals surface area contributed by atoms with Crippen molar-refractivity contribution in [2.75, 3.05) is 25.0 Å². The van der Waals surface area contributed by atoms with Crippen molar-refractivity contribution in [2.45, 2.75) is 37.6 Å². The Balaban J connectivity index is 1.20. The lowest BCUT2D eigenvalue weighted by atomic mass is 9.95. The molecule has 0 bridgehead atoms. The van der Waals surface area contributed by atoms with Gasteiger partial charge in [0.05, 0.1) is 17.2 Å². The lowest BCUT2D eigenvalue weighted by Gasteiger charge is -2.35. The molecule has 5 rings (SSSR count). The van der Waals surface area contributed by atoms with E-state index in [1.807, 2.05) is 41.3 Å². The van der Waals surface area contributed by atoms with Crippen molar-refractivity contribution >= 4 is 28.7 Å². The van der Waals surface area contributed by atoms with E-state index >= 15 is 0 Å². The maximum atomic E-state index is 13.2. The summed E-state index contributed by atoms with van der Waals surface area (Å²) in [5.41, 5.74) is 2.61. The molecule has 2 saturated heterocycles. The fraction of sp³-hybridized carbons (Fsp3) is 0.391. The van der Waals surface area contributed by atoms with Crippen LogP contribution in [0, 0.1) is 0 Å². The fourth-order valence-electron chi connectivity index (χ4n) is 4.64. The number of nitrogens with one attached hydrogen (secondary N) is 2. The summed E-state index contributed by atoms with van der Waals surface area (Å²) in [6.07, 6.45) is 6.83. The topological polar surface area (TPSA) is 94.2 Å². The molecule has 2 aliphatic rings. The van der Waals surface area contributed by atoms with E-state index in [2.05, 4.69) is 15.3 Å². The highest BCUT2D eigenvalue weighted by molar-refractivity contribution is 5.94. The summed E-state index contributed by atoms with van der Waals surface area (Å²) in [7, 11) is 0. The van der Waals surface area contributed by atoms with Crippen LogP contribution in [0.15, 0.2) is 48.8 Å². The zero-order chi connectivity index (χ0) is 21.2. The molecule has 1 aromatic carbocycles. The summed E-state index contributed by atoms with van der Waals surface area (Å²) in [4.78, 5) is 41.8. The van der Waals surface area contributed by atoms with Crippen LogP contribution in [0.2, 0.25) is 0 Å². The van der Waals surface area contributed by atoms with Crippen LogP contribution in [0.3, 0.4) is 0 Å². The number of hydrogen-bond acceptors (Lipinski definition) is 4. The van der Waals surface area contributed by atoms with Gasteiger partial charge >= 0.3 is 6.03 Å². The summed E-state index contributed by atoms with van der Waals surface area (Å²) in [6.45, 7) is 1.98. The number of H-pyrrole nitrogens is 1. The SMILES string of the molecule is O=C(C1CCCN1C(=O)Nc1ccccc1)N1CCC(c2nc3ccncc3[nH]2)CC1. The molecule has 2 N–H and O–H groups in total. The summed E-state index contributed by atoms with van der Waals surface area (Å²) in [5, 5.41) is 2.91. The van der Waals surface area contributed by atoms with Gasteiger partial charge in [0, 0.05) is 37.4 Å². The van der Waals surface area contributed by atoms with Crippen LogP contribution < -0.4 is 5.32 Å². The van der Waals surface area contributed by atoms with E-state index in [0.717, 1.165) is 48.2 Å². The van der Waals surface area contributed by atoms with Crippen LogP contribution >= 0.6 is 0 Å². The van der Waals surface area contributed by atoms with Crippen molar-refractivity contribution in [1.82, 2.24) is 24.8 Å². The van der Waals surface area contributed by atoms with Gasteiger partial charge in [-0.1, -0.05) is 18.2 Å². The molecule has 3 aromatic rings. The van der Waals surface area contributed by atoms with Crippen molar-refractivity contribution in [3.8, 4) is 0 Å². The highest BCUT2D eigenvalue weighted by atomic mass is 16.2. The van der Waals surface area contributed by atoms with Gasteiger partial charge in [-0.3, -0.25) is 9.78 Å². The lowest BCUT2D eigenvalue weighted by Crippen LogP contribution is -2.50. The number of carbonyl (C=O) groups excluding carboxylic acids is 2. The molecule has 0 aliphatic carbocycles. The van der Waals surface area contributed by atoms with Gasteiger partial charge < -0.3 is 20.1 Å². The number of amides is 3. The molecule has 2 aromatic heterocycles. The van der Waals surface area contributed by atoms with E-state index in [9.17, 15) is 9.59 Å². The summed E-state index contributed by atoms with van der Waals surface area (Å²) in [5.74, 6) is 1.34. The van der Waals surface area contributed by atoms with Gasteiger partial charge in [0.25, 0.3) is 0 Å². The number of aromatic amines is 1. The van der Waals surface area contributed by atoms with Crippen molar-refractivity contribution in [3.05, 3.63) is 54.6 Å². The Morgan fingerprint density at radius 1 is 1.03 bits per heavy atom. The second-order valence-corrected chi connectivity index (χ2v) is 8.26. The quantitative estimate of drug-likeness (QED) is 0.682. The number of pyridine rings is 1. The second-order valence-electron chi connectivity index (χ2n) is 8.26. The molecule has 0 spiro atoms. The maximum Gasteiger partial charge on any atom is 0.322 e. The third-order valence-corrected chi connectivity index (χ3v) is 6.32. The Morgan fingerprint density at radius 3 is 2.61 bits per heavy atom. The fourth-order valence-corrected chi connectivity index (χ4v) is 4.64. The molecule has 1 atom stereocenters. The molecule has 0 saturated carbocycles. The summed E-state index contributed by atoms with van der Waals surface area (Å²) < 4.78 is 0. The summed E-state index contributed by atoms with van der Waals surface area (Å²) in [6, 6.07) is 10.7. The predicted octanol–water partition coefficient (Wildman–Crippen LogP) is 3.36. The van der Waals surface area contributed by atoms with E-state index in [4.69, 9.17) is 4.98 Å². The smallest absolute Gasteiger partial charge is 0.322 e. The number of anilines is 1. The van der Waals surface area contributed by atoms with E-state index < -0.39 is 0 Å². The van der Waals surface area contributed by atoms with Gasteiger partial charge in [-0.2, -0.15) is 0 Å². The minimum Gasteiger partial charge on any atom is -0.341 e. The number of imidazole rings is 1. The van der Waals surface area contributed by atoms with E-state index in [1.165, 1.54) is 0 Å². The number of benzene rings is 1. The third-order valence-electron chi connectivity index (χ3n) is 6.32. The van der Waals surface area contributed by atoms with E-state index in [-0.39, 0.29) is 18.0 Å². The van der Waals surface area contributed by atoms with Crippen molar-refractivity contribution in [2.24, 2.45) is 0 Å². The Morgan fingerprint density at radius 2 is 1.84 bits per heavy atom. The molecule has 3 amide bonds. The van der Waals surface area contributed by atoms with Crippen molar-refractivity contribution < 1.29 is 9.59 Å². The van der Waals surface area contributed by atoms with Crippen LogP contribution in [0.25, 0.3) is 11.0 Å². The van der Waals surface area contributed by atoms with Gasteiger partial charge in [0.1, 0.15) is 11.9 Å².